The number of nitrogens with two attached hydrogens (primary N) is 1. The first kappa shape index (κ1) is 15.6. The summed E-state index contributed by atoms with van der Waals surface area (Å²) in [6, 6.07) is 23.9. The van der Waals surface area contributed by atoms with Crippen LogP contribution in [0.4, 0.5) is 0 Å². The van der Waals surface area contributed by atoms with E-state index < -0.39 is 0 Å². The molecule has 0 atom stereocenters. The van der Waals surface area contributed by atoms with Gasteiger partial charge in [0.25, 0.3) is 0 Å². The minimum Gasteiger partial charge on any atom is -0.323 e. The Bertz CT molecular complexity index is 723. The summed E-state index contributed by atoms with van der Waals surface area (Å²) in [6.45, 7) is 0. The maximum Gasteiger partial charge on any atom is 0.0638 e. The lowest BCUT2D eigenvalue weighted by Crippen LogP contribution is -1.81. The summed E-state index contributed by atoms with van der Waals surface area (Å²) in [6.07, 6.45) is 1.62. The number of hydrogen-bond donors (Lipinski definition) is 1. The predicted molar refractivity (Wildman–Crippen MR) is 95.0 cm³/mol. The van der Waals surface area contributed by atoms with Gasteiger partial charge in [-0.15, -0.1) is 11.3 Å². The molecule has 0 spiro atoms. The van der Waals surface area contributed by atoms with Gasteiger partial charge in [-0.3, -0.25) is 0 Å². The highest BCUT2D eigenvalue weighted by molar-refractivity contribution is 7.11. The molecule has 22 heavy (non-hydrogen) atoms. The molecule has 0 saturated heterocycles. The Morgan fingerprint density at radius 2 is 1.36 bits per heavy atom. The lowest BCUT2D eigenvalue weighted by molar-refractivity contribution is 1.27. The molecule has 0 aliphatic rings. The van der Waals surface area contributed by atoms with E-state index in [1.165, 1.54) is 0 Å². The zero-order valence-electron chi connectivity index (χ0n) is 12.0. The van der Waals surface area contributed by atoms with Crippen LogP contribution >= 0.6 is 11.3 Å². The minimum atomic E-state index is 0.990. The molecule has 1 heterocycles. The van der Waals surface area contributed by atoms with Crippen molar-refractivity contribution in [1.82, 2.24) is 0 Å². The second-order valence-electron chi connectivity index (χ2n) is 4.29. The van der Waals surface area contributed by atoms with E-state index in [4.69, 9.17) is 5.84 Å². The molecule has 2 N–H and O–H groups in total. The third kappa shape index (κ3) is 5.66. The van der Waals surface area contributed by atoms with E-state index in [1.807, 2.05) is 78.2 Å². The Morgan fingerprint density at radius 1 is 0.818 bits per heavy atom. The van der Waals surface area contributed by atoms with Crippen molar-refractivity contribution in [2.45, 2.75) is 0 Å². The summed E-state index contributed by atoms with van der Waals surface area (Å²) in [5.74, 6) is 11.3. The molecule has 0 radical (unpaired) electrons. The predicted octanol–water partition coefficient (Wildman–Crippen LogP) is 4.13. The van der Waals surface area contributed by atoms with Crippen LogP contribution in [0.25, 0.3) is 0 Å². The lowest BCUT2D eigenvalue weighted by Gasteiger charge is -1.85. The molecule has 3 heteroatoms. The van der Waals surface area contributed by atoms with Crippen LogP contribution in [0.1, 0.15) is 16.0 Å². The summed E-state index contributed by atoms with van der Waals surface area (Å²) < 4.78 is 0. The van der Waals surface area contributed by atoms with E-state index in [-0.39, 0.29) is 0 Å². The summed E-state index contributed by atoms with van der Waals surface area (Å²) in [4.78, 5) is 1.01. The minimum absolute atomic E-state index is 0.990. The van der Waals surface area contributed by atoms with E-state index in [0.29, 0.717) is 0 Å². The highest BCUT2D eigenvalue weighted by Crippen LogP contribution is 2.11. The Kier molecular flexibility index (Phi) is 6.48. The Hall–Kier alpha value is -2.83. The van der Waals surface area contributed by atoms with Gasteiger partial charge in [0.15, 0.2) is 0 Å². The molecule has 2 nitrogen and oxygen atoms in total. The van der Waals surface area contributed by atoms with Gasteiger partial charge in [0.2, 0.25) is 0 Å². The lowest BCUT2D eigenvalue weighted by atomic mass is 10.2. The molecule has 0 unspecified atom stereocenters. The van der Waals surface area contributed by atoms with Crippen molar-refractivity contribution in [3.8, 4) is 11.8 Å². The van der Waals surface area contributed by atoms with Crippen molar-refractivity contribution in [2.24, 2.45) is 10.9 Å². The van der Waals surface area contributed by atoms with Crippen LogP contribution in [0.2, 0.25) is 0 Å². The molecule has 0 saturated carbocycles. The fourth-order valence-corrected chi connectivity index (χ4v) is 2.32. The van der Waals surface area contributed by atoms with Gasteiger partial charge in [-0.25, -0.2) is 0 Å². The van der Waals surface area contributed by atoms with E-state index >= 15 is 0 Å². The quantitative estimate of drug-likeness (QED) is 0.312. The number of nitrogens with zero attached hydrogens (tertiary/aromatic N) is 1. The number of benzene rings is 2. The molecule has 1 aromatic heterocycles. The zero-order valence-corrected chi connectivity index (χ0v) is 12.8. The van der Waals surface area contributed by atoms with Gasteiger partial charge in [0, 0.05) is 21.4 Å². The van der Waals surface area contributed by atoms with E-state index in [0.717, 1.165) is 16.0 Å². The van der Waals surface area contributed by atoms with Crippen molar-refractivity contribution >= 4 is 17.6 Å². The van der Waals surface area contributed by atoms with Gasteiger partial charge >= 0.3 is 0 Å². The fourth-order valence-electron chi connectivity index (χ4n) is 1.61. The van der Waals surface area contributed by atoms with Gasteiger partial charge in [0.1, 0.15) is 0 Å². The summed E-state index contributed by atoms with van der Waals surface area (Å²) in [5, 5.41) is 5.47. The van der Waals surface area contributed by atoms with Crippen LogP contribution in [-0.4, -0.2) is 6.21 Å². The van der Waals surface area contributed by atoms with E-state index in [9.17, 15) is 0 Å². The summed E-state index contributed by atoms with van der Waals surface area (Å²) in [7, 11) is 0. The number of thiophene rings is 1. The van der Waals surface area contributed by atoms with Gasteiger partial charge in [0.05, 0.1) is 6.21 Å². The molecule has 0 aliphatic carbocycles. The zero-order chi connectivity index (χ0) is 15.5. The van der Waals surface area contributed by atoms with Crippen LogP contribution in [-0.2, 0) is 0 Å². The molecule has 0 bridgehead atoms. The van der Waals surface area contributed by atoms with Crippen molar-refractivity contribution < 1.29 is 0 Å². The van der Waals surface area contributed by atoms with Gasteiger partial charge < -0.3 is 5.84 Å². The van der Waals surface area contributed by atoms with Gasteiger partial charge in [-0.1, -0.05) is 66.4 Å². The standard InChI is InChI=1S/C13H10N2S.C6H6/c14-15-9-13-8-12(10-16-13)7-6-11-4-2-1-3-5-11;1-2-4-6-5-3-1/h1-5,8-10H,14H2;1-6H. The van der Waals surface area contributed by atoms with Crippen LogP contribution in [0.3, 0.4) is 0 Å². The van der Waals surface area contributed by atoms with Crippen molar-refractivity contribution in [1.29, 1.82) is 0 Å². The monoisotopic (exact) mass is 304 g/mol. The molecular weight excluding hydrogens is 288 g/mol. The van der Waals surface area contributed by atoms with Crippen molar-refractivity contribution in [3.63, 3.8) is 0 Å². The van der Waals surface area contributed by atoms with Crippen LogP contribution < -0.4 is 5.84 Å². The van der Waals surface area contributed by atoms with Gasteiger partial charge in [-0.05, 0) is 18.2 Å². The third-order valence-electron chi connectivity index (χ3n) is 2.61. The van der Waals surface area contributed by atoms with E-state index in [1.54, 1.807) is 17.6 Å². The van der Waals surface area contributed by atoms with Crippen molar-refractivity contribution in [2.75, 3.05) is 0 Å². The van der Waals surface area contributed by atoms with Crippen LogP contribution in [0, 0.1) is 11.8 Å². The first-order valence-electron chi connectivity index (χ1n) is 6.77. The molecular formula is C19H16N2S. The Labute approximate surface area is 134 Å². The molecule has 0 aliphatic heterocycles. The number of hydrazone groups is 1. The molecule has 2 aromatic carbocycles. The highest BCUT2D eigenvalue weighted by Gasteiger charge is 1.93. The third-order valence-corrected chi connectivity index (χ3v) is 3.48. The summed E-state index contributed by atoms with van der Waals surface area (Å²) in [5.41, 5.74) is 2.01. The molecule has 3 aromatic rings. The van der Waals surface area contributed by atoms with Crippen LogP contribution in [0.5, 0.6) is 0 Å². The smallest absolute Gasteiger partial charge is 0.0638 e. The first-order valence-corrected chi connectivity index (χ1v) is 7.65. The average molecular weight is 304 g/mol. The second-order valence-corrected chi connectivity index (χ2v) is 5.23. The molecule has 108 valence electrons. The van der Waals surface area contributed by atoms with Gasteiger partial charge in [-0.2, -0.15) is 5.10 Å². The Morgan fingerprint density at radius 3 is 1.95 bits per heavy atom. The SMILES string of the molecule is NN=Cc1cc(C#Cc2ccccc2)cs1.c1ccccc1. The average Bonchev–Trinajstić information content (AvgIpc) is 3.04. The topological polar surface area (TPSA) is 38.4 Å². The maximum atomic E-state index is 5.07. The number of rotatable bonds is 1. The normalized spacial score (nSPS) is 9.45. The molecule has 0 fully saturated rings. The second kappa shape index (κ2) is 9.17. The highest BCUT2D eigenvalue weighted by atomic mass is 32.1. The fraction of sp³-hybridized carbons (Fsp3) is 0. The molecule has 3 rings (SSSR count). The van der Waals surface area contributed by atoms with E-state index in [2.05, 4.69) is 16.9 Å². The van der Waals surface area contributed by atoms with Crippen LogP contribution in [0.15, 0.2) is 83.3 Å². The van der Waals surface area contributed by atoms with Crippen molar-refractivity contribution in [3.05, 3.63) is 94.2 Å². The largest absolute Gasteiger partial charge is 0.323 e. The first-order chi connectivity index (χ1) is 10.9. The number of hydrogen-bond acceptors (Lipinski definition) is 3. The summed E-state index contributed by atoms with van der Waals surface area (Å²) >= 11 is 1.58. The maximum absolute atomic E-state index is 5.07. The Balaban J connectivity index is 0.000000246. The molecule has 0 amide bonds.